The number of alkyl halides is 2. The maximum atomic E-state index is 10.3. The average molecular weight is 86.1 g/mol. The van der Waals surface area contributed by atoms with Gasteiger partial charge in [0, 0.05) is 0 Å². The van der Waals surface area contributed by atoms with Crippen LogP contribution in [0.5, 0.6) is 0 Å². The van der Waals surface area contributed by atoms with Gasteiger partial charge in [0.1, 0.15) is 13.3 Å². The zero-order valence-electron chi connectivity index (χ0n) is 2.58. The molecular formula is C2H5F3. The predicted molar refractivity (Wildman–Crippen MR) is 14.5 cm³/mol. The van der Waals surface area contributed by atoms with E-state index < -0.39 is 13.3 Å². The Morgan fingerprint density at radius 2 is 1.20 bits per heavy atom. The molecule has 0 rings (SSSR count). The van der Waals surface area contributed by atoms with Gasteiger partial charge in [-0.3, -0.25) is 4.70 Å². The first kappa shape index (κ1) is 8.84. The minimum atomic E-state index is -0.847. The zero-order valence-corrected chi connectivity index (χ0v) is 2.58. The topological polar surface area (TPSA) is 0 Å². The molecule has 0 aliphatic heterocycles. The van der Waals surface area contributed by atoms with Gasteiger partial charge in [0.05, 0.1) is 0 Å². The summed E-state index contributed by atoms with van der Waals surface area (Å²) in [5.74, 6) is 0. The van der Waals surface area contributed by atoms with Gasteiger partial charge in [-0.1, -0.05) is 0 Å². The van der Waals surface area contributed by atoms with E-state index >= 15 is 0 Å². The Balaban J connectivity index is 0. The number of rotatable bonds is 1. The summed E-state index contributed by atoms with van der Waals surface area (Å²) in [7, 11) is 0. The molecule has 0 aromatic heterocycles. The van der Waals surface area contributed by atoms with Gasteiger partial charge in [0.2, 0.25) is 0 Å². The van der Waals surface area contributed by atoms with Crippen LogP contribution in [-0.2, 0) is 0 Å². The molecule has 0 nitrogen and oxygen atoms in total. The molecule has 0 bridgehead atoms. The molecule has 0 amide bonds. The highest BCUT2D eigenvalue weighted by Crippen LogP contribution is 1.63. The lowest BCUT2D eigenvalue weighted by atomic mass is 10.9. The van der Waals surface area contributed by atoms with Gasteiger partial charge in [-0.05, 0) is 0 Å². The van der Waals surface area contributed by atoms with Gasteiger partial charge >= 0.3 is 0 Å². The van der Waals surface area contributed by atoms with Gasteiger partial charge in [0.25, 0.3) is 0 Å². The van der Waals surface area contributed by atoms with Crippen molar-refractivity contribution >= 4 is 0 Å². The Labute approximate surface area is 28.2 Å². The van der Waals surface area contributed by atoms with Crippen molar-refractivity contribution in [3.8, 4) is 0 Å². The second-order valence-electron chi connectivity index (χ2n) is 0.378. The van der Waals surface area contributed by atoms with Gasteiger partial charge in [-0.2, -0.15) is 0 Å². The number of hydrogen-bond acceptors (Lipinski definition) is 0. The fraction of sp³-hybridized carbons (Fsp3) is 1.00. The highest BCUT2D eigenvalue weighted by Gasteiger charge is 1.65. The third-order valence-corrected chi connectivity index (χ3v) is 0.0714. The van der Waals surface area contributed by atoms with Gasteiger partial charge < -0.3 is 0 Å². The van der Waals surface area contributed by atoms with Crippen molar-refractivity contribution in [2.45, 2.75) is 0 Å². The summed E-state index contributed by atoms with van der Waals surface area (Å²) in [4.78, 5) is 0. The van der Waals surface area contributed by atoms with Gasteiger partial charge in [-0.25, -0.2) is 8.78 Å². The van der Waals surface area contributed by atoms with E-state index in [0.717, 1.165) is 0 Å². The average Bonchev–Trinajstić information content (AvgIpc) is 1.37. The van der Waals surface area contributed by atoms with Crippen molar-refractivity contribution in [3.05, 3.63) is 0 Å². The highest BCUT2D eigenvalue weighted by atomic mass is 19.2. The third-order valence-electron chi connectivity index (χ3n) is 0.0714. The lowest BCUT2D eigenvalue weighted by Crippen LogP contribution is -1.68. The largest absolute Gasteiger partial charge is 0.269 e. The second-order valence-corrected chi connectivity index (χ2v) is 0.378. The first-order valence-electron chi connectivity index (χ1n) is 1.03. The summed E-state index contributed by atoms with van der Waals surface area (Å²) in [5.41, 5.74) is 0. The van der Waals surface area contributed by atoms with E-state index in [4.69, 9.17) is 0 Å². The molecule has 0 unspecified atom stereocenters. The van der Waals surface area contributed by atoms with E-state index in [1.165, 1.54) is 0 Å². The summed E-state index contributed by atoms with van der Waals surface area (Å²) >= 11 is 0. The Bertz CT molecular complexity index is 6.85. The highest BCUT2D eigenvalue weighted by molar-refractivity contribution is 4.09. The molecule has 0 aliphatic rings. The first-order chi connectivity index (χ1) is 1.91. The minimum Gasteiger partial charge on any atom is -0.269 e. The molecular weight excluding hydrogens is 81.0 g/mol. The third kappa shape index (κ3) is 19.5. The Hall–Kier alpha value is -0.210. The van der Waals surface area contributed by atoms with E-state index in [2.05, 4.69) is 0 Å². The van der Waals surface area contributed by atoms with E-state index in [-0.39, 0.29) is 4.70 Å². The fourth-order valence-electron chi connectivity index (χ4n) is 0. The van der Waals surface area contributed by atoms with Crippen LogP contribution in [0, 0.1) is 0 Å². The van der Waals surface area contributed by atoms with Crippen LogP contribution in [0.2, 0.25) is 0 Å². The number of halogens is 3. The van der Waals surface area contributed by atoms with Crippen LogP contribution in [0.15, 0.2) is 0 Å². The molecule has 0 heterocycles. The van der Waals surface area contributed by atoms with Crippen molar-refractivity contribution in [3.63, 3.8) is 0 Å². The van der Waals surface area contributed by atoms with Crippen LogP contribution in [0.3, 0.4) is 0 Å². The lowest BCUT2D eigenvalue weighted by molar-refractivity contribution is 0.380. The van der Waals surface area contributed by atoms with Crippen molar-refractivity contribution in [1.82, 2.24) is 0 Å². The van der Waals surface area contributed by atoms with Gasteiger partial charge in [-0.15, -0.1) is 0 Å². The van der Waals surface area contributed by atoms with Crippen LogP contribution in [-0.4, -0.2) is 13.3 Å². The summed E-state index contributed by atoms with van der Waals surface area (Å²) in [6, 6.07) is 0. The maximum Gasteiger partial charge on any atom is 0.118 e. The molecule has 3 heteroatoms. The summed E-state index contributed by atoms with van der Waals surface area (Å²) < 4.78 is 20.7. The lowest BCUT2D eigenvalue weighted by Gasteiger charge is -1.61. The van der Waals surface area contributed by atoms with Crippen molar-refractivity contribution < 1.29 is 13.5 Å². The number of hydrogen-bond donors (Lipinski definition) is 0. The molecule has 0 saturated heterocycles. The van der Waals surface area contributed by atoms with Gasteiger partial charge in [0.15, 0.2) is 0 Å². The van der Waals surface area contributed by atoms with Crippen LogP contribution in [0.1, 0.15) is 0 Å². The fourth-order valence-corrected chi connectivity index (χ4v) is 0. The van der Waals surface area contributed by atoms with Crippen molar-refractivity contribution in [1.29, 1.82) is 0 Å². The SMILES string of the molecule is F.FCCF. The van der Waals surface area contributed by atoms with Crippen LogP contribution in [0.25, 0.3) is 0 Å². The molecule has 0 N–H and O–H groups in total. The standard InChI is InChI=1S/C2H4F2.FH/c3-1-2-4;/h1-2H2;1H. The Morgan fingerprint density at radius 3 is 1.20 bits per heavy atom. The quantitative estimate of drug-likeness (QED) is 0.448. The molecule has 34 valence electrons. The van der Waals surface area contributed by atoms with E-state index in [1.807, 2.05) is 0 Å². The molecule has 5 heavy (non-hydrogen) atoms. The van der Waals surface area contributed by atoms with Crippen LogP contribution in [0.4, 0.5) is 13.5 Å². The molecule has 0 atom stereocenters. The molecule has 0 aromatic carbocycles. The molecule has 0 radical (unpaired) electrons. The predicted octanol–water partition coefficient (Wildman–Crippen LogP) is 1.08. The summed E-state index contributed by atoms with van der Waals surface area (Å²) in [6.07, 6.45) is 0. The Morgan fingerprint density at radius 1 is 1.00 bits per heavy atom. The van der Waals surface area contributed by atoms with Crippen molar-refractivity contribution in [2.75, 3.05) is 13.3 Å². The van der Waals surface area contributed by atoms with Crippen LogP contribution < -0.4 is 0 Å². The molecule has 0 saturated carbocycles. The van der Waals surface area contributed by atoms with Crippen LogP contribution >= 0.6 is 0 Å². The zero-order chi connectivity index (χ0) is 3.41. The maximum absolute atomic E-state index is 10.3. The Kier molecular flexibility index (Phi) is 16.3. The molecule has 0 aliphatic carbocycles. The minimum absolute atomic E-state index is 0. The summed E-state index contributed by atoms with van der Waals surface area (Å²) in [6.45, 7) is -1.69. The smallest absolute Gasteiger partial charge is 0.118 e. The van der Waals surface area contributed by atoms with Crippen molar-refractivity contribution in [2.24, 2.45) is 0 Å². The summed E-state index contributed by atoms with van der Waals surface area (Å²) in [5, 5.41) is 0. The molecule has 0 spiro atoms. The van der Waals surface area contributed by atoms with E-state index in [9.17, 15) is 8.78 Å². The first-order valence-corrected chi connectivity index (χ1v) is 1.03. The normalized spacial score (nSPS) is 6.00. The molecule has 0 aromatic rings. The van der Waals surface area contributed by atoms with E-state index in [1.54, 1.807) is 0 Å². The van der Waals surface area contributed by atoms with E-state index in [0.29, 0.717) is 0 Å². The molecule has 0 fully saturated rings. The monoisotopic (exact) mass is 86.0 g/mol. The second kappa shape index (κ2) is 9.21.